The monoisotopic (exact) mass is 296 g/mol. The number of rotatable bonds is 5. The van der Waals surface area contributed by atoms with Gasteiger partial charge >= 0.3 is 0 Å². The van der Waals surface area contributed by atoms with Crippen LogP contribution in [0.25, 0.3) is 0 Å². The first-order valence-corrected chi connectivity index (χ1v) is 7.60. The summed E-state index contributed by atoms with van der Waals surface area (Å²) in [6, 6.07) is 3.77. The highest BCUT2D eigenvalue weighted by Crippen LogP contribution is 2.28. The van der Waals surface area contributed by atoms with Crippen LogP contribution in [0, 0.1) is 0 Å². The van der Waals surface area contributed by atoms with Crippen LogP contribution in [-0.4, -0.2) is 14.8 Å². The Bertz CT molecular complexity index is 551. The molecule has 0 aliphatic heterocycles. The standard InChI is InChI=1S/C13H17ClN4S/c1-3-10-13(14)11(18(4-2)17-10)8-19-12-6-5-9(15)7-16-12/h5-7H,3-4,8,15H2,1-2H3. The quantitative estimate of drug-likeness (QED) is 0.859. The first-order valence-electron chi connectivity index (χ1n) is 6.24. The lowest BCUT2D eigenvalue weighted by molar-refractivity contribution is 0.628. The lowest BCUT2D eigenvalue weighted by Gasteiger charge is -2.05. The van der Waals surface area contributed by atoms with Crippen molar-refractivity contribution in [3.8, 4) is 0 Å². The van der Waals surface area contributed by atoms with Gasteiger partial charge in [-0.05, 0) is 25.5 Å². The van der Waals surface area contributed by atoms with Crippen molar-refractivity contribution in [1.29, 1.82) is 0 Å². The normalized spacial score (nSPS) is 10.9. The third-order valence-electron chi connectivity index (χ3n) is 2.81. The molecule has 0 aromatic carbocycles. The zero-order valence-electron chi connectivity index (χ0n) is 11.1. The molecule has 19 heavy (non-hydrogen) atoms. The zero-order chi connectivity index (χ0) is 13.8. The molecule has 0 fully saturated rings. The van der Waals surface area contributed by atoms with Crippen LogP contribution in [0.2, 0.25) is 5.02 Å². The minimum Gasteiger partial charge on any atom is -0.397 e. The maximum atomic E-state index is 6.36. The van der Waals surface area contributed by atoms with E-state index in [0.29, 0.717) is 5.69 Å². The molecule has 2 aromatic heterocycles. The molecule has 0 aliphatic rings. The molecule has 2 aromatic rings. The van der Waals surface area contributed by atoms with E-state index in [4.69, 9.17) is 17.3 Å². The summed E-state index contributed by atoms with van der Waals surface area (Å²) < 4.78 is 1.96. The Labute approximate surface area is 122 Å². The maximum Gasteiger partial charge on any atom is 0.0965 e. The van der Waals surface area contributed by atoms with E-state index in [2.05, 4.69) is 23.9 Å². The molecule has 0 radical (unpaired) electrons. The third kappa shape index (κ3) is 3.22. The number of nitrogen functional groups attached to an aromatic ring is 1. The van der Waals surface area contributed by atoms with Crippen molar-refractivity contribution in [2.24, 2.45) is 0 Å². The van der Waals surface area contributed by atoms with E-state index in [0.717, 1.165) is 40.2 Å². The first kappa shape index (κ1) is 14.2. The topological polar surface area (TPSA) is 56.7 Å². The Morgan fingerprint density at radius 3 is 2.74 bits per heavy atom. The fraction of sp³-hybridized carbons (Fsp3) is 0.385. The molecule has 4 nitrogen and oxygen atoms in total. The van der Waals surface area contributed by atoms with E-state index in [1.54, 1.807) is 18.0 Å². The minimum atomic E-state index is 0.675. The Morgan fingerprint density at radius 2 is 2.16 bits per heavy atom. The van der Waals surface area contributed by atoms with Crippen molar-refractivity contribution in [1.82, 2.24) is 14.8 Å². The van der Waals surface area contributed by atoms with Crippen molar-refractivity contribution in [2.75, 3.05) is 5.73 Å². The number of hydrogen-bond donors (Lipinski definition) is 1. The van der Waals surface area contributed by atoms with Crippen molar-refractivity contribution < 1.29 is 0 Å². The molecule has 2 rings (SSSR count). The zero-order valence-corrected chi connectivity index (χ0v) is 12.6. The van der Waals surface area contributed by atoms with E-state index < -0.39 is 0 Å². The highest BCUT2D eigenvalue weighted by Gasteiger charge is 2.14. The van der Waals surface area contributed by atoms with Crippen LogP contribution in [0.4, 0.5) is 5.69 Å². The lowest BCUT2D eigenvalue weighted by Crippen LogP contribution is -2.02. The van der Waals surface area contributed by atoms with Gasteiger partial charge in [0.1, 0.15) is 0 Å². The second-order valence-electron chi connectivity index (χ2n) is 4.10. The molecule has 0 unspecified atom stereocenters. The number of thioether (sulfide) groups is 1. The molecule has 0 saturated carbocycles. The van der Waals surface area contributed by atoms with Gasteiger partial charge in [0.05, 0.1) is 33.3 Å². The van der Waals surface area contributed by atoms with Crippen LogP contribution >= 0.6 is 23.4 Å². The molecular weight excluding hydrogens is 280 g/mol. The summed E-state index contributed by atoms with van der Waals surface area (Å²) in [6.45, 7) is 4.95. The molecule has 0 aliphatic carbocycles. The summed E-state index contributed by atoms with van der Waals surface area (Å²) in [5.41, 5.74) is 8.32. The van der Waals surface area contributed by atoms with Crippen LogP contribution < -0.4 is 5.73 Å². The van der Waals surface area contributed by atoms with E-state index in [-0.39, 0.29) is 0 Å². The van der Waals surface area contributed by atoms with E-state index in [1.165, 1.54) is 0 Å². The Kier molecular flexibility index (Phi) is 4.71. The lowest BCUT2D eigenvalue weighted by atomic mass is 10.3. The number of aromatic nitrogens is 3. The Balaban J connectivity index is 2.14. The van der Waals surface area contributed by atoms with Crippen LogP contribution in [0.3, 0.4) is 0 Å². The second-order valence-corrected chi connectivity index (χ2v) is 5.47. The number of pyridine rings is 1. The molecule has 102 valence electrons. The smallest absolute Gasteiger partial charge is 0.0965 e. The van der Waals surface area contributed by atoms with Crippen LogP contribution in [-0.2, 0) is 18.7 Å². The number of nitrogens with two attached hydrogens (primary N) is 1. The molecule has 2 N–H and O–H groups in total. The highest BCUT2D eigenvalue weighted by molar-refractivity contribution is 7.98. The van der Waals surface area contributed by atoms with Gasteiger partial charge in [0.25, 0.3) is 0 Å². The van der Waals surface area contributed by atoms with E-state index in [9.17, 15) is 0 Å². The maximum absolute atomic E-state index is 6.36. The van der Waals surface area contributed by atoms with Gasteiger partial charge in [0.2, 0.25) is 0 Å². The average molecular weight is 297 g/mol. The summed E-state index contributed by atoms with van der Waals surface area (Å²) in [7, 11) is 0. The van der Waals surface area contributed by atoms with Gasteiger partial charge in [-0.2, -0.15) is 5.10 Å². The predicted octanol–water partition coefficient (Wildman–Crippen LogP) is 3.39. The molecule has 0 atom stereocenters. The molecule has 0 amide bonds. The summed E-state index contributed by atoms with van der Waals surface area (Å²) >= 11 is 8.00. The van der Waals surface area contributed by atoms with Crippen molar-refractivity contribution >= 4 is 29.1 Å². The van der Waals surface area contributed by atoms with Gasteiger partial charge in [-0.25, -0.2) is 4.98 Å². The number of halogens is 1. The average Bonchev–Trinajstić information content (AvgIpc) is 2.74. The SMILES string of the molecule is CCc1nn(CC)c(CSc2ccc(N)cn2)c1Cl. The largest absolute Gasteiger partial charge is 0.397 e. The number of aryl methyl sites for hydroxylation is 2. The second kappa shape index (κ2) is 6.30. The molecule has 0 saturated heterocycles. The molecular formula is C13H17ClN4S. The van der Waals surface area contributed by atoms with Crippen LogP contribution in [0.1, 0.15) is 25.2 Å². The molecule has 6 heteroatoms. The van der Waals surface area contributed by atoms with E-state index in [1.807, 2.05) is 16.8 Å². The minimum absolute atomic E-state index is 0.675. The number of anilines is 1. The Morgan fingerprint density at radius 1 is 1.37 bits per heavy atom. The van der Waals surface area contributed by atoms with Gasteiger partial charge in [0, 0.05) is 12.3 Å². The first-order chi connectivity index (χ1) is 9.15. The van der Waals surface area contributed by atoms with Gasteiger partial charge in [0.15, 0.2) is 0 Å². The Hall–Kier alpha value is -1.20. The molecule has 0 spiro atoms. The van der Waals surface area contributed by atoms with Crippen molar-refractivity contribution in [3.05, 3.63) is 34.7 Å². The highest BCUT2D eigenvalue weighted by atomic mass is 35.5. The van der Waals surface area contributed by atoms with Gasteiger partial charge in [-0.3, -0.25) is 4.68 Å². The fourth-order valence-electron chi connectivity index (χ4n) is 1.77. The number of nitrogens with zero attached hydrogens (tertiary/aromatic N) is 3. The number of hydrogen-bond acceptors (Lipinski definition) is 4. The van der Waals surface area contributed by atoms with Crippen molar-refractivity contribution in [2.45, 2.75) is 37.6 Å². The van der Waals surface area contributed by atoms with E-state index >= 15 is 0 Å². The summed E-state index contributed by atoms with van der Waals surface area (Å²) in [6.07, 6.45) is 2.52. The van der Waals surface area contributed by atoms with Gasteiger partial charge in [-0.15, -0.1) is 0 Å². The summed E-state index contributed by atoms with van der Waals surface area (Å²) in [4.78, 5) is 4.27. The summed E-state index contributed by atoms with van der Waals surface area (Å²) in [5.74, 6) is 0.761. The van der Waals surface area contributed by atoms with Crippen molar-refractivity contribution in [3.63, 3.8) is 0 Å². The van der Waals surface area contributed by atoms with Crippen LogP contribution in [0.15, 0.2) is 23.4 Å². The molecule has 0 bridgehead atoms. The third-order valence-corrected chi connectivity index (χ3v) is 4.20. The summed E-state index contributed by atoms with van der Waals surface area (Å²) in [5, 5.41) is 6.23. The van der Waals surface area contributed by atoms with Gasteiger partial charge in [-0.1, -0.05) is 30.3 Å². The van der Waals surface area contributed by atoms with Crippen LogP contribution in [0.5, 0.6) is 0 Å². The molecule has 2 heterocycles. The fourth-order valence-corrected chi connectivity index (χ4v) is 3.06. The van der Waals surface area contributed by atoms with Gasteiger partial charge < -0.3 is 5.73 Å². The predicted molar refractivity (Wildman–Crippen MR) is 80.5 cm³/mol.